The van der Waals surface area contributed by atoms with Gasteiger partial charge in [-0.1, -0.05) is 12.1 Å². The Morgan fingerprint density at radius 3 is 2.90 bits per heavy atom. The Morgan fingerprint density at radius 1 is 1.50 bits per heavy atom. The maximum absolute atomic E-state index is 11.7. The molecule has 0 atom stereocenters. The van der Waals surface area contributed by atoms with E-state index in [4.69, 9.17) is 16.3 Å². The molecule has 2 aromatic heterocycles. The van der Waals surface area contributed by atoms with E-state index < -0.39 is 5.97 Å². The largest absolute Gasteiger partial charge is 0.461 e. The molecule has 2 rings (SSSR count). The van der Waals surface area contributed by atoms with Crippen molar-refractivity contribution < 1.29 is 9.53 Å². The van der Waals surface area contributed by atoms with E-state index in [0.29, 0.717) is 18.8 Å². The number of carbonyl (C=O) groups is 1. The maximum Gasteiger partial charge on any atom is 0.360 e. The second-order valence-corrected chi connectivity index (χ2v) is 5.19. The zero-order valence-electron chi connectivity index (χ0n) is 11.3. The van der Waals surface area contributed by atoms with Crippen LogP contribution in [0.25, 0.3) is 0 Å². The second kappa shape index (κ2) is 6.81. The molecular formula is C12H15ClN4O2S. The standard InChI is InChI=1S/C12H15ClN4O2S/c1-3-10-14-8(7-20-10)6-17-9(5-13)11(15-16-17)12(18)19-4-2/h7H,3-6H2,1-2H3. The summed E-state index contributed by atoms with van der Waals surface area (Å²) < 4.78 is 6.52. The van der Waals surface area contributed by atoms with Gasteiger partial charge in [0.05, 0.1) is 35.4 Å². The van der Waals surface area contributed by atoms with Crippen LogP contribution in [0.15, 0.2) is 5.38 Å². The lowest BCUT2D eigenvalue weighted by Crippen LogP contribution is -2.10. The summed E-state index contributed by atoms with van der Waals surface area (Å²) in [5, 5.41) is 10.9. The van der Waals surface area contributed by atoms with Crippen molar-refractivity contribution in [2.24, 2.45) is 0 Å². The maximum atomic E-state index is 11.7. The minimum absolute atomic E-state index is 0.145. The minimum atomic E-state index is -0.498. The number of thiazole rings is 1. The van der Waals surface area contributed by atoms with Gasteiger partial charge in [0.25, 0.3) is 0 Å². The Bertz CT molecular complexity index is 596. The van der Waals surface area contributed by atoms with Crippen molar-refractivity contribution in [2.75, 3.05) is 6.61 Å². The predicted octanol–water partition coefficient (Wildman–Crippen LogP) is 2.26. The molecule has 0 spiro atoms. The predicted molar refractivity (Wildman–Crippen MR) is 76.1 cm³/mol. The van der Waals surface area contributed by atoms with Crippen molar-refractivity contribution >= 4 is 28.9 Å². The summed E-state index contributed by atoms with van der Waals surface area (Å²) in [5.74, 6) is -0.353. The molecule has 8 heteroatoms. The highest BCUT2D eigenvalue weighted by molar-refractivity contribution is 7.09. The summed E-state index contributed by atoms with van der Waals surface area (Å²) in [7, 11) is 0. The van der Waals surface area contributed by atoms with Gasteiger partial charge in [0, 0.05) is 5.38 Å². The molecule has 0 fully saturated rings. The number of hydrogen-bond donors (Lipinski definition) is 0. The fourth-order valence-corrected chi connectivity index (χ4v) is 2.69. The van der Waals surface area contributed by atoms with Crippen molar-refractivity contribution in [1.29, 1.82) is 0 Å². The van der Waals surface area contributed by atoms with E-state index in [1.807, 2.05) is 5.38 Å². The number of esters is 1. The number of alkyl halides is 1. The van der Waals surface area contributed by atoms with Gasteiger partial charge in [-0.3, -0.25) is 0 Å². The van der Waals surface area contributed by atoms with Gasteiger partial charge >= 0.3 is 5.97 Å². The molecule has 108 valence electrons. The molecule has 0 aliphatic rings. The molecule has 0 radical (unpaired) electrons. The van der Waals surface area contributed by atoms with Gasteiger partial charge in [0.2, 0.25) is 0 Å². The van der Waals surface area contributed by atoms with Crippen LogP contribution in [0.1, 0.15) is 40.7 Å². The summed E-state index contributed by atoms with van der Waals surface area (Å²) in [6.45, 7) is 4.54. The van der Waals surface area contributed by atoms with Gasteiger partial charge in [0.15, 0.2) is 5.69 Å². The van der Waals surface area contributed by atoms with Crippen molar-refractivity contribution in [3.8, 4) is 0 Å². The lowest BCUT2D eigenvalue weighted by atomic mass is 10.3. The Balaban J connectivity index is 2.21. The van der Waals surface area contributed by atoms with Crippen molar-refractivity contribution in [1.82, 2.24) is 20.0 Å². The first kappa shape index (κ1) is 14.9. The highest BCUT2D eigenvalue weighted by Crippen LogP contribution is 2.15. The number of halogens is 1. The van der Waals surface area contributed by atoms with E-state index in [0.717, 1.165) is 17.1 Å². The third kappa shape index (κ3) is 3.16. The third-order valence-electron chi connectivity index (χ3n) is 2.65. The first-order valence-electron chi connectivity index (χ1n) is 6.28. The Hall–Kier alpha value is -1.47. The number of nitrogens with zero attached hydrogens (tertiary/aromatic N) is 4. The molecule has 0 saturated heterocycles. The van der Waals surface area contributed by atoms with Crippen LogP contribution in [0, 0.1) is 0 Å². The lowest BCUT2D eigenvalue weighted by Gasteiger charge is -2.03. The molecule has 0 unspecified atom stereocenters. The van der Waals surface area contributed by atoms with Crippen LogP contribution >= 0.6 is 22.9 Å². The number of ether oxygens (including phenoxy) is 1. The summed E-state index contributed by atoms with van der Waals surface area (Å²) in [6.07, 6.45) is 0.901. The molecule has 2 aromatic rings. The molecule has 2 heterocycles. The molecule has 0 aliphatic carbocycles. The number of aryl methyl sites for hydroxylation is 1. The summed E-state index contributed by atoms with van der Waals surface area (Å²) in [4.78, 5) is 16.2. The smallest absolute Gasteiger partial charge is 0.360 e. The average Bonchev–Trinajstić information content (AvgIpc) is 3.05. The van der Waals surface area contributed by atoms with Crippen LogP contribution in [-0.2, 0) is 23.6 Å². The van der Waals surface area contributed by atoms with Crippen LogP contribution in [0.4, 0.5) is 0 Å². The highest BCUT2D eigenvalue weighted by Gasteiger charge is 2.20. The van der Waals surface area contributed by atoms with E-state index in [1.165, 1.54) is 0 Å². The molecule has 0 amide bonds. The van der Waals surface area contributed by atoms with E-state index in [1.54, 1.807) is 22.9 Å². The molecular weight excluding hydrogens is 300 g/mol. The number of carbonyl (C=O) groups excluding carboxylic acids is 1. The monoisotopic (exact) mass is 314 g/mol. The molecule has 6 nitrogen and oxygen atoms in total. The molecule has 20 heavy (non-hydrogen) atoms. The molecule has 0 bridgehead atoms. The summed E-state index contributed by atoms with van der Waals surface area (Å²) >= 11 is 7.50. The fourth-order valence-electron chi connectivity index (χ4n) is 1.69. The van der Waals surface area contributed by atoms with E-state index in [-0.39, 0.29) is 11.6 Å². The third-order valence-corrected chi connectivity index (χ3v) is 3.94. The topological polar surface area (TPSA) is 69.9 Å². The van der Waals surface area contributed by atoms with E-state index >= 15 is 0 Å². The van der Waals surface area contributed by atoms with Crippen molar-refractivity contribution in [2.45, 2.75) is 32.7 Å². The molecule has 0 aliphatic heterocycles. The highest BCUT2D eigenvalue weighted by atomic mass is 35.5. The molecule has 0 N–H and O–H groups in total. The Morgan fingerprint density at radius 2 is 2.30 bits per heavy atom. The lowest BCUT2D eigenvalue weighted by molar-refractivity contribution is 0.0518. The van der Waals surface area contributed by atoms with Crippen molar-refractivity contribution in [3.05, 3.63) is 27.5 Å². The number of hydrogen-bond acceptors (Lipinski definition) is 6. The average molecular weight is 315 g/mol. The second-order valence-electron chi connectivity index (χ2n) is 3.98. The van der Waals surface area contributed by atoms with Gasteiger partial charge in [0.1, 0.15) is 0 Å². The number of rotatable bonds is 6. The minimum Gasteiger partial charge on any atom is -0.461 e. The zero-order valence-corrected chi connectivity index (χ0v) is 12.9. The van der Waals surface area contributed by atoms with Crippen LogP contribution in [0.3, 0.4) is 0 Å². The van der Waals surface area contributed by atoms with Crippen LogP contribution in [0.2, 0.25) is 0 Å². The van der Waals surface area contributed by atoms with Gasteiger partial charge in [-0.05, 0) is 13.3 Å². The van der Waals surface area contributed by atoms with Crippen LogP contribution in [0.5, 0.6) is 0 Å². The SMILES string of the molecule is CCOC(=O)c1nnn(Cc2csc(CC)n2)c1CCl. The summed E-state index contributed by atoms with van der Waals surface area (Å²) in [6, 6.07) is 0. The van der Waals surface area contributed by atoms with Gasteiger partial charge in [-0.2, -0.15) is 0 Å². The number of aromatic nitrogens is 4. The van der Waals surface area contributed by atoms with E-state index in [2.05, 4.69) is 22.2 Å². The summed E-state index contributed by atoms with van der Waals surface area (Å²) in [5.41, 5.74) is 1.61. The van der Waals surface area contributed by atoms with Gasteiger partial charge in [-0.15, -0.1) is 28.0 Å². The Labute approximate surface area is 125 Å². The first-order chi connectivity index (χ1) is 9.69. The molecule has 0 aromatic carbocycles. The van der Waals surface area contributed by atoms with Crippen LogP contribution < -0.4 is 0 Å². The van der Waals surface area contributed by atoms with E-state index in [9.17, 15) is 4.79 Å². The van der Waals surface area contributed by atoms with Gasteiger partial charge in [-0.25, -0.2) is 14.5 Å². The quantitative estimate of drug-likeness (QED) is 0.604. The normalized spacial score (nSPS) is 10.8. The van der Waals surface area contributed by atoms with Crippen molar-refractivity contribution in [3.63, 3.8) is 0 Å². The Kier molecular flexibility index (Phi) is 5.08. The first-order valence-corrected chi connectivity index (χ1v) is 7.69. The fraction of sp³-hybridized carbons (Fsp3) is 0.500. The van der Waals surface area contributed by atoms with Crippen LogP contribution in [-0.4, -0.2) is 32.6 Å². The van der Waals surface area contributed by atoms with Gasteiger partial charge < -0.3 is 4.74 Å². The molecule has 0 saturated carbocycles. The zero-order chi connectivity index (χ0) is 14.5.